The minimum Gasteiger partial charge on any atom is -0.495 e. The highest BCUT2D eigenvalue weighted by Crippen LogP contribution is 2.45. The van der Waals surface area contributed by atoms with E-state index in [9.17, 15) is 4.79 Å². The van der Waals surface area contributed by atoms with Crippen molar-refractivity contribution in [3.63, 3.8) is 0 Å². The van der Waals surface area contributed by atoms with Crippen molar-refractivity contribution in [1.82, 2.24) is 14.9 Å². The van der Waals surface area contributed by atoms with Gasteiger partial charge in [0, 0.05) is 54.8 Å². The van der Waals surface area contributed by atoms with Crippen molar-refractivity contribution in [2.45, 2.75) is 25.9 Å². The van der Waals surface area contributed by atoms with Gasteiger partial charge in [-0.1, -0.05) is 6.07 Å². The van der Waals surface area contributed by atoms with E-state index in [2.05, 4.69) is 69.2 Å². The Hall–Kier alpha value is -4.45. The SMILES string of the molecule is COCC(=O)Nc1cc(N2C(=S)N[C@@H](c3ccccn3)[C@H]2c2cc(C)n(-c3ccc(N4CCOCC4)cc3)c2C)ccc1OC. The average molecular weight is 627 g/mol. The predicted octanol–water partition coefficient (Wildman–Crippen LogP) is 5.10. The number of nitrogens with one attached hydrogen (secondary N) is 2. The van der Waals surface area contributed by atoms with Crippen LogP contribution in [0.5, 0.6) is 5.75 Å². The molecular formula is C34H38N6O4S. The minimum atomic E-state index is -0.277. The highest BCUT2D eigenvalue weighted by Gasteiger charge is 2.42. The molecule has 11 heteroatoms. The predicted molar refractivity (Wildman–Crippen MR) is 180 cm³/mol. The Morgan fingerprint density at radius 1 is 1.02 bits per heavy atom. The Balaban J connectivity index is 1.41. The van der Waals surface area contributed by atoms with Gasteiger partial charge in [0.05, 0.1) is 43.8 Å². The molecule has 0 bridgehead atoms. The van der Waals surface area contributed by atoms with Crippen molar-refractivity contribution in [2.24, 2.45) is 0 Å². The van der Waals surface area contributed by atoms with Crippen molar-refractivity contribution in [2.75, 3.05) is 62.2 Å². The van der Waals surface area contributed by atoms with Crippen LogP contribution >= 0.6 is 12.2 Å². The van der Waals surface area contributed by atoms with Crippen molar-refractivity contribution >= 4 is 40.3 Å². The topological polar surface area (TPSA) is 93.1 Å². The van der Waals surface area contributed by atoms with E-state index in [1.807, 2.05) is 36.4 Å². The first-order valence-electron chi connectivity index (χ1n) is 15.0. The Morgan fingerprint density at radius 2 is 1.76 bits per heavy atom. The number of thiocarbonyl (C=S) groups is 1. The number of aryl methyl sites for hydroxylation is 1. The number of morpholine rings is 1. The molecule has 4 heterocycles. The van der Waals surface area contributed by atoms with Gasteiger partial charge in [0.1, 0.15) is 12.4 Å². The number of amides is 1. The largest absolute Gasteiger partial charge is 0.495 e. The lowest BCUT2D eigenvalue weighted by Gasteiger charge is -2.29. The molecule has 0 aliphatic carbocycles. The number of benzene rings is 2. The number of hydrogen-bond donors (Lipinski definition) is 2. The van der Waals surface area contributed by atoms with Crippen molar-refractivity contribution in [3.8, 4) is 11.4 Å². The molecule has 6 rings (SSSR count). The van der Waals surface area contributed by atoms with Crippen LogP contribution in [0.3, 0.4) is 0 Å². The number of ether oxygens (including phenoxy) is 3. The second-order valence-corrected chi connectivity index (χ2v) is 11.5. The van der Waals surface area contributed by atoms with Crippen LogP contribution in [0.4, 0.5) is 17.1 Å². The summed E-state index contributed by atoms with van der Waals surface area (Å²) in [5.41, 5.74) is 7.86. The number of hydrogen-bond acceptors (Lipinski definition) is 7. The van der Waals surface area contributed by atoms with E-state index in [1.54, 1.807) is 13.3 Å². The summed E-state index contributed by atoms with van der Waals surface area (Å²) in [4.78, 5) is 21.6. The maximum atomic E-state index is 12.5. The van der Waals surface area contributed by atoms with E-state index in [0.29, 0.717) is 16.5 Å². The van der Waals surface area contributed by atoms with E-state index >= 15 is 0 Å². The van der Waals surface area contributed by atoms with Gasteiger partial charge in [0.15, 0.2) is 5.11 Å². The first-order valence-corrected chi connectivity index (χ1v) is 15.4. The smallest absolute Gasteiger partial charge is 0.250 e. The van der Waals surface area contributed by atoms with Gasteiger partial charge in [0.2, 0.25) is 5.91 Å². The van der Waals surface area contributed by atoms with Gasteiger partial charge in [-0.25, -0.2) is 0 Å². The van der Waals surface area contributed by atoms with E-state index in [-0.39, 0.29) is 24.6 Å². The number of carbonyl (C=O) groups is 1. The number of aromatic nitrogens is 2. The molecule has 1 amide bonds. The van der Waals surface area contributed by atoms with Gasteiger partial charge in [-0.2, -0.15) is 0 Å². The third-order valence-corrected chi connectivity index (χ3v) is 8.70. The molecule has 2 fully saturated rings. The molecule has 2 aliphatic heterocycles. The second-order valence-electron chi connectivity index (χ2n) is 11.1. The van der Waals surface area contributed by atoms with Crippen molar-refractivity contribution < 1.29 is 19.0 Å². The molecule has 45 heavy (non-hydrogen) atoms. The Labute approximate surface area is 268 Å². The fourth-order valence-electron chi connectivity index (χ4n) is 6.33. The zero-order valence-corrected chi connectivity index (χ0v) is 26.8. The molecule has 0 unspecified atom stereocenters. The maximum Gasteiger partial charge on any atom is 0.250 e. The third kappa shape index (κ3) is 6.11. The minimum absolute atomic E-state index is 0.0686. The van der Waals surface area contributed by atoms with Gasteiger partial charge in [-0.05, 0) is 92.3 Å². The summed E-state index contributed by atoms with van der Waals surface area (Å²) in [6, 6.07) is 22.1. The number of methoxy groups -OCH3 is 2. The number of anilines is 3. The van der Waals surface area contributed by atoms with Crippen LogP contribution in [-0.2, 0) is 14.3 Å². The summed E-state index contributed by atoms with van der Waals surface area (Å²) in [6.45, 7) is 7.51. The molecule has 0 saturated carbocycles. The zero-order valence-electron chi connectivity index (χ0n) is 25.9. The van der Waals surface area contributed by atoms with Crippen molar-refractivity contribution in [1.29, 1.82) is 0 Å². The summed E-state index contributed by atoms with van der Waals surface area (Å²) in [6.07, 6.45) is 1.80. The van der Waals surface area contributed by atoms with E-state index in [4.69, 9.17) is 31.4 Å². The summed E-state index contributed by atoms with van der Waals surface area (Å²) >= 11 is 5.99. The highest BCUT2D eigenvalue weighted by atomic mass is 32.1. The van der Waals surface area contributed by atoms with Gasteiger partial charge in [-0.3, -0.25) is 9.78 Å². The van der Waals surface area contributed by atoms with Crippen LogP contribution in [-0.4, -0.2) is 67.7 Å². The van der Waals surface area contributed by atoms with Crippen LogP contribution < -0.4 is 25.2 Å². The maximum absolute atomic E-state index is 12.5. The lowest BCUT2D eigenvalue weighted by Crippen LogP contribution is -2.36. The lowest BCUT2D eigenvalue weighted by molar-refractivity contribution is -0.119. The number of pyridine rings is 1. The Morgan fingerprint density at radius 3 is 2.44 bits per heavy atom. The van der Waals surface area contributed by atoms with E-state index < -0.39 is 0 Å². The van der Waals surface area contributed by atoms with Crippen LogP contribution in [0.2, 0.25) is 0 Å². The molecule has 2 aromatic heterocycles. The average Bonchev–Trinajstić information content (AvgIpc) is 3.56. The standard InChI is InChI=1S/C34H38N6O4S/c1-22-19-27(23(2)39(22)25-10-8-24(9-11-25)38-15-17-44-18-16-38)33-32(28-7-5-6-14-35-28)37-34(45)40(33)26-12-13-30(43-4)29(20-26)36-31(41)21-42-3/h5-14,19-20,32-33H,15-18,21H2,1-4H3,(H,36,41)(H,37,45)/t32-,33+/m0/s1. The molecule has 0 spiro atoms. The molecule has 10 nitrogen and oxygen atoms in total. The molecule has 2 aromatic carbocycles. The van der Waals surface area contributed by atoms with Gasteiger partial charge in [-0.15, -0.1) is 0 Å². The van der Waals surface area contributed by atoms with Crippen molar-refractivity contribution in [3.05, 3.63) is 95.6 Å². The molecule has 0 radical (unpaired) electrons. The first kappa shape index (κ1) is 30.6. The van der Waals surface area contributed by atoms with E-state index in [0.717, 1.165) is 60.3 Å². The summed E-state index contributed by atoms with van der Waals surface area (Å²) in [5.74, 6) is 0.263. The molecule has 2 saturated heterocycles. The molecular weight excluding hydrogens is 588 g/mol. The second kappa shape index (κ2) is 13.3. The summed E-state index contributed by atoms with van der Waals surface area (Å²) in [5, 5.41) is 7.02. The van der Waals surface area contributed by atoms with Gasteiger partial charge in [0.25, 0.3) is 0 Å². The molecule has 2 atom stereocenters. The van der Waals surface area contributed by atoms with Gasteiger partial charge < -0.3 is 39.2 Å². The van der Waals surface area contributed by atoms with Crippen LogP contribution in [0.15, 0.2) is 72.9 Å². The quantitative estimate of drug-likeness (QED) is 0.246. The summed E-state index contributed by atoms with van der Waals surface area (Å²) in [7, 11) is 3.06. The molecule has 4 aromatic rings. The fourth-order valence-corrected chi connectivity index (χ4v) is 6.67. The lowest BCUT2D eigenvalue weighted by atomic mass is 9.96. The highest BCUT2D eigenvalue weighted by molar-refractivity contribution is 7.80. The number of nitrogens with zero attached hydrogens (tertiary/aromatic N) is 4. The molecule has 2 aliphatic rings. The van der Waals surface area contributed by atoms with Crippen LogP contribution in [0.1, 0.15) is 34.7 Å². The molecule has 234 valence electrons. The van der Waals surface area contributed by atoms with Gasteiger partial charge >= 0.3 is 0 Å². The van der Waals surface area contributed by atoms with Crippen LogP contribution in [0.25, 0.3) is 5.69 Å². The molecule has 2 N–H and O–H groups in total. The normalized spacial score (nSPS) is 18.2. The zero-order chi connectivity index (χ0) is 31.5. The number of carbonyl (C=O) groups excluding carboxylic acids is 1. The Kier molecular flexibility index (Phi) is 9.02. The fraction of sp³-hybridized carbons (Fsp3) is 0.324. The summed E-state index contributed by atoms with van der Waals surface area (Å²) < 4.78 is 18.4. The number of rotatable bonds is 9. The van der Waals surface area contributed by atoms with E-state index in [1.165, 1.54) is 12.8 Å². The monoisotopic (exact) mass is 626 g/mol. The first-order chi connectivity index (χ1) is 21.9. The third-order valence-electron chi connectivity index (χ3n) is 8.38. The Bertz CT molecular complexity index is 1670. The van der Waals surface area contributed by atoms with Crippen LogP contribution in [0, 0.1) is 13.8 Å².